The molecule has 0 saturated heterocycles. The van der Waals surface area contributed by atoms with Crippen molar-refractivity contribution < 1.29 is 9.53 Å². The third-order valence-corrected chi connectivity index (χ3v) is 2.40. The third-order valence-electron chi connectivity index (χ3n) is 2.40. The summed E-state index contributed by atoms with van der Waals surface area (Å²) in [7, 11) is 0. The van der Waals surface area contributed by atoms with Gasteiger partial charge in [-0.15, -0.1) is 0 Å². The van der Waals surface area contributed by atoms with Crippen molar-refractivity contribution in [3.63, 3.8) is 0 Å². The number of nitrogens with zero attached hydrogens (tertiary/aromatic N) is 1. The van der Waals surface area contributed by atoms with E-state index in [2.05, 4.69) is 6.92 Å². The molecule has 94 valence electrons. The van der Waals surface area contributed by atoms with Crippen LogP contribution < -0.4 is 10.6 Å². The molecule has 0 bridgehead atoms. The van der Waals surface area contributed by atoms with Gasteiger partial charge in [-0.05, 0) is 25.5 Å². The fourth-order valence-electron chi connectivity index (χ4n) is 1.69. The number of para-hydroxylation sites is 2. The van der Waals surface area contributed by atoms with Crippen LogP contribution >= 0.6 is 0 Å². The van der Waals surface area contributed by atoms with Crippen LogP contribution in [0.3, 0.4) is 0 Å². The highest BCUT2D eigenvalue weighted by Gasteiger charge is 2.13. The molecule has 1 aromatic rings. The number of anilines is 2. The molecule has 0 aliphatic heterocycles. The smallest absolute Gasteiger partial charge is 0.325 e. The zero-order valence-corrected chi connectivity index (χ0v) is 10.5. The highest BCUT2D eigenvalue weighted by Crippen LogP contribution is 2.22. The fourth-order valence-corrected chi connectivity index (χ4v) is 1.69. The SMILES string of the molecule is CCCN(CC(=O)OCC)c1ccccc1N. The average molecular weight is 236 g/mol. The molecule has 4 nitrogen and oxygen atoms in total. The molecule has 17 heavy (non-hydrogen) atoms. The lowest BCUT2D eigenvalue weighted by atomic mass is 10.2. The lowest BCUT2D eigenvalue weighted by molar-refractivity contribution is -0.141. The van der Waals surface area contributed by atoms with E-state index >= 15 is 0 Å². The Labute approximate surface area is 102 Å². The molecule has 0 heterocycles. The molecule has 0 unspecified atom stereocenters. The molecule has 0 saturated carbocycles. The van der Waals surface area contributed by atoms with E-state index in [1.165, 1.54) is 0 Å². The van der Waals surface area contributed by atoms with Gasteiger partial charge in [0.1, 0.15) is 6.54 Å². The van der Waals surface area contributed by atoms with Crippen molar-refractivity contribution in [2.45, 2.75) is 20.3 Å². The minimum Gasteiger partial charge on any atom is -0.465 e. The first kappa shape index (κ1) is 13.4. The second kappa shape index (κ2) is 6.78. The maximum Gasteiger partial charge on any atom is 0.325 e. The van der Waals surface area contributed by atoms with Crippen LogP contribution in [0.15, 0.2) is 24.3 Å². The summed E-state index contributed by atoms with van der Waals surface area (Å²) in [4.78, 5) is 13.5. The number of benzene rings is 1. The second-order valence-corrected chi connectivity index (χ2v) is 3.79. The van der Waals surface area contributed by atoms with Crippen LogP contribution in [0.4, 0.5) is 11.4 Å². The van der Waals surface area contributed by atoms with E-state index in [9.17, 15) is 4.79 Å². The van der Waals surface area contributed by atoms with Gasteiger partial charge in [-0.2, -0.15) is 0 Å². The number of nitrogen functional groups attached to an aromatic ring is 1. The Morgan fingerprint density at radius 2 is 2.06 bits per heavy atom. The van der Waals surface area contributed by atoms with Crippen LogP contribution in [0.2, 0.25) is 0 Å². The van der Waals surface area contributed by atoms with E-state index in [0.29, 0.717) is 12.3 Å². The lowest BCUT2D eigenvalue weighted by Crippen LogP contribution is -2.32. The maximum absolute atomic E-state index is 11.5. The van der Waals surface area contributed by atoms with Crippen molar-refractivity contribution in [1.82, 2.24) is 0 Å². The number of esters is 1. The van der Waals surface area contributed by atoms with Crippen molar-refractivity contribution in [3.05, 3.63) is 24.3 Å². The second-order valence-electron chi connectivity index (χ2n) is 3.79. The summed E-state index contributed by atoms with van der Waals surface area (Å²) in [6, 6.07) is 7.56. The van der Waals surface area contributed by atoms with E-state index in [-0.39, 0.29) is 12.5 Å². The number of carbonyl (C=O) groups is 1. The van der Waals surface area contributed by atoms with E-state index in [0.717, 1.165) is 18.7 Å². The van der Waals surface area contributed by atoms with Crippen LogP contribution in [-0.2, 0) is 9.53 Å². The topological polar surface area (TPSA) is 55.6 Å². The number of hydrogen-bond acceptors (Lipinski definition) is 4. The minimum absolute atomic E-state index is 0.218. The van der Waals surface area contributed by atoms with Gasteiger partial charge in [0.05, 0.1) is 18.0 Å². The summed E-state index contributed by atoms with van der Waals surface area (Å²) >= 11 is 0. The van der Waals surface area contributed by atoms with Crippen LogP contribution in [0.1, 0.15) is 20.3 Å². The van der Waals surface area contributed by atoms with Crippen LogP contribution in [0.25, 0.3) is 0 Å². The summed E-state index contributed by atoms with van der Waals surface area (Å²) in [6.45, 7) is 5.31. The molecule has 1 aromatic carbocycles. The third kappa shape index (κ3) is 3.98. The summed E-state index contributed by atoms with van der Waals surface area (Å²) < 4.78 is 4.96. The number of carbonyl (C=O) groups excluding carboxylic acids is 1. The van der Waals surface area contributed by atoms with Crippen molar-refractivity contribution in [1.29, 1.82) is 0 Å². The molecule has 1 rings (SSSR count). The molecule has 0 amide bonds. The standard InChI is InChI=1S/C13H20N2O2/c1-3-9-15(10-13(16)17-4-2)12-8-6-5-7-11(12)14/h5-8H,3-4,9-10,14H2,1-2H3. The lowest BCUT2D eigenvalue weighted by Gasteiger charge is -2.24. The Morgan fingerprint density at radius 1 is 1.35 bits per heavy atom. The summed E-state index contributed by atoms with van der Waals surface area (Å²) in [6.07, 6.45) is 0.952. The molecular weight excluding hydrogens is 216 g/mol. The summed E-state index contributed by atoms with van der Waals surface area (Å²) in [5.41, 5.74) is 7.48. The summed E-state index contributed by atoms with van der Waals surface area (Å²) in [5, 5.41) is 0. The van der Waals surface area contributed by atoms with Gasteiger partial charge in [0.2, 0.25) is 0 Å². The molecule has 4 heteroatoms. The Morgan fingerprint density at radius 3 is 2.65 bits per heavy atom. The Balaban J connectivity index is 2.78. The van der Waals surface area contributed by atoms with Gasteiger partial charge < -0.3 is 15.4 Å². The van der Waals surface area contributed by atoms with Crippen molar-refractivity contribution in [2.75, 3.05) is 30.3 Å². The molecule has 0 atom stereocenters. The molecule has 0 spiro atoms. The monoisotopic (exact) mass is 236 g/mol. The average Bonchev–Trinajstić information content (AvgIpc) is 2.29. The summed E-state index contributed by atoms with van der Waals surface area (Å²) in [5.74, 6) is -0.218. The van der Waals surface area contributed by atoms with Crippen molar-refractivity contribution in [2.24, 2.45) is 0 Å². The molecule has 0 aliphatic carbocycles. The molecule has 2 N–H and O–H groups in total. The normalized spacial score (nSPS) is 10.0. The molecule has 0 aliphatic rings. The zero-order valence-electron chi connectivity index (χ0n) is 10.5. The van der Waals surface area contributed by atoms with Crippen LogP contribution in [-0.4, -0.2) is 25.7 Å². The van der Waals surface area contributed by atoms with Crippen LogP contribution in [0.5, 0.6) is 0 Å². The Bertz CT molecular complexity index is 366. The van der Waals surface area contributed by atoms with E-state index < -0.39 is 0 Å². The van der Waals surface area contributed by atoms with Crippen molar-refractivity contribution >= 4 is 17.3 Å². The predicted octanol–water partition coefficient (Wildman–Crippen LogP) is 2.05. The maximum atomic E-state index is 11.5. The number of ether oxygens (including phenoxy) is 1. The van der Waals surface area contributed by atoms with E-state index in [1.807, 2.05) is 29.2 Å². The van der Waals surface area contributed by atoms with E-state index in [1.54, 1.807) is 6.92 Å². The van der Waals surface area contributed by atoms with Gasteiger partial charge in [0.25, 0.3) is 0 Å². The first-order valence-electron chi connectivity index (χ1n) is 5.94. The van der Waals surface area contributed by atoms with Gasteiger partial charge in [-0.25, -0.2) is 0 Å². The number of hydrogen-bond donors (Lipinski definition) is 1. The van der Waals surface area contributed by atoms with Crippen molar-refractivity contribution in [3.8, 4) is 0 Å². The van der Waals surface area contributed by atoms with Gasteiger partial charge in [-0.1, -0.05) is 19.1 Å². The van der Waals surface area contributed by atoms with Gasteiger partial charge in [0, 0.05) is 6.54 Å². The zero-order chi connectivity index (χ0) is 12.7. The van der Waals surface area contributed by atoms with Gasteiger partial charge >= 0.3 is 5.97 Å². The quantitative estimate of drug-likeness (QED) is 0.606. The fraction of sp³-hybridized carbons (Fsp3) is 0.462. The number of nitrogens with two attached hydrogens (primary N) is 1. The molecular formula is C13H20N2O2. The Kier molecular flexibility index (Phi) is 5.33. The first-order chi connectivity index (χ1) is 8.19. The van der Waals surface area contributed by atoms with Gasteiger partial charge in [0.15, 0.2) is 0 Å². The molecule has 0 radical (unpaired) electrons. The van der Waals surface area contributed by atoms with Crippen LogP contribution in [0, 0.1) is 0 Å². The molecule has 0 aromatic heterocycles. The van der Waals surface area contributed by atoms with E-state index in [4.69, 9.17) is 10.5 Å². The Hall–Kier alpha value is -1.71. The highest BCUT2D eigenvalue weighted by atomic mass is 16.5. The first-order valence-corrected chi connectivity index (χ1v) is 5.94. The highest BCUT2D eigenvalue weighted by molar-refractivity contribution is 5.78. The largest absolute Gasteiger partial charge is 0.465 e. The molecule has 0 fully saturated rings. The van der Waals surface area contributed by atoms with Gasteiger partial charge in [-0.3, -0.25) is 4.79 Å². The predicted molar refractivity (Wildman–Crippen MR) is 70.0 cm³/mol. The number of rotatable bonds is 6. The minimum atomic E-state index is -0.218.